The predicted octanol–water partition coefficient (Wildman–Crippen LogP) is -0.0303. The van der Waals surface area contributed by atoms with Crippen LogP contribution in [0, 0.1) is 0 Å². The lowest BCUT2D eigenvalue weighted by molar-refractivity contribution is -0.143. The van der Waals surface area contributed by atoms with Gasteiger partial charge in [0.05, 0.1) is 7.11 Å². The lowest BCUT2D eigenvalue weighted by atomic mass is 10.0. The summed E-state index contributed by atoms with van der Waals surface area (Å²) in [7, 11) is 1.38. The lowest BCUT2D eigenvalue weighted by Crippen LogP contribution is -2.48. The van der Waals surface area contributed by atoms with Crippen LogP contribution in [0.4, 0.5) is 0 Å². The highest BCUT2D eigenvalue weighted by Crippen LogP contribution is 2.07. The van der Waals surface area contributed by atoms with Gasteiger partial charge in [-0.3, -0.25) is 15.1 Å². The second-order valence-corrected chi connectivity index (χ2v) is 4.92. The third kappa shape index (κ3) is 8.50. The van der Waals surface area contributed by atoms with E-state index in [1.165, 1.54) is 7.11 Å². The number of nitrogens with one attached hydrogen (secondary N) is 1. The van der Waals surface area contributed by atoms with Crippen molar-refractivity contribution in [3.63, 3.8) is 0 Å². The maximum atomic E-state index is 11.5. The monoisotopic (exact) mass is 244 g/mol. The van der Waals surface area contributed by atoms with Crippen molar-refractivity contribution < 1.29 is 9.53 Å². The Morgan fingerprint density at radius 3 is 2.41 bits per heavy atom. The number of esters is 1. The molecule has 17 heavy (non-hydrogen) atoms. The van der Waals surface area contributed by atoms with E-state index in [-0.39, 0.29) is 23.5 Å². The standard InChI is InChI=1S/C11H24N4O2/c1-11(2,3)15-8(9(16)17-4)6-5-7-14-10(12)13/h8,15H,5-7H2,1-4H3,(H4,12,13,14). The van der Waals surface area contributed by atoms with Gasteiger partial charge in [-0.05, 0) is 33.6 Å². The molecule has 0 fully saturated rings. The summed E-state index contributed by atoms with van der Waals surface area (Å²) >= 11 is 0. The Morgan fingerprint density at radius 2 is 2.00 bits per heavy atom. The quantitative estimate of drug-likeness (QED) is 0.263. The van der Waals surface area contributed by atoms with Crippen LogP contribution >= 0.6 is 0 Å². The van der Waals surface area contributed by atoms with Gasteiger partial charge in [-0.15, -0.1) is 0 Å². The second-order valence-electron chi connectivity index (χ2n) is 4.92. The summed E-state index contributed by atoms with van der Waals surface area (Å²) in [6.45, 7) is 6.51. The van der Waals surface area contributed by atoms with Gasteiger partial charge < -0.3 is 16.2 Å². The van der Waals surface area contributed by atoms with Crippen molar-refractivity contribution in [2.24, 2.45) is 16.5 Å². The molecule has 0 saturated carbocycles. The molecule has 1 atom stereocenters. The first-order chi connectivity index (χ1) is 7.76. The molecule has 0 amide bonds. The van der Waals surface area contributed by atoms with Crippen LogP contribution in [0.5, 0.6) is 0 Å². The first-order valence-electron chi connectivity index (χ1n) is 5.67. The van der Waals surface area contributed by atoms with Crippen LogP contribution in [-0.4, -0.2) is 37.2 Å². The molecule has 0 aliphatic heterocycles. The summed E-state index contributed by atoms with van der Waals surface area (Å²) in [5.74, 6) is -0.187. The molecule has 0 bridgehead atoms. The summed E-state index contributed by atoms with van der Waals surface area (Å²) in [5, 5.41) is 3.21. The maximum absolute atomic E-state index is 11.5. The molecule has 0 spiro atoms. The molecular formula is C11H24N4O2. The molecule has 0 saturated heterocycles. The Hall–Kier alpha value is -1.30. The van der Waals surface area contributed by atoms with Crippen LogP contribution in [0.2, 0.25) is 0 Å². The van der Waals surface area contributed by atoms with Crippen LogP contribution in [0.3, 0.4) is 0 Å². The van der Waals surface area contributed by atoms with Crippen LogP contribution in [-0.2, 0) is 9.53 Å². The van der Waals surface area contributed by atoms with Crippen LogP contribution < -0.4 is 16.8 Å². The fraction of sp³-hybridized carbons (Fsp3) is 0.818. The molecule has 0 aliphatic rings. The van der Waals surface area contributed by atoms with E-state index in [1.54, 1.807) is 0 Å². The van der Waals surface area contributed by atoms with Gasteiger partial charge in [-0.25, -0.2) is 0 Å². The van der Waals surface area contributed by atoms with E-state index < -0.39 is 0 Å². The van der Waals surface area contributed by atoms with E-state index in [0.29, 0.717) is 13.0 Å². The Balaban J connectivity index is 4.21. The molecule has 0 rings (SSSR count). The van der Waals surface area contributed by atoms with Crippen molar-refractivity contribution in [1.29, 1.82) is 0 Å². The van der Waals surface area contributed by atoms with Crippen LogP contribution in [0.1, 0.15) is 33.6 Å². The molecule has 100 valence electrons. The first kappa shape index (κ1) is 15.7. The Morgan fingerprint density at radius 1 is 1.41 bits per heavy atom. The van der Waals surface area contributed by atoms with E-state index in [4.69, 9.17) is 16.2 Å². The molecule has 0 aromatic rings. The molecular weight excluding hydrogens is 220 g/mol. The van der Waals surface area contributed by atoms with Gasteiger partial charge in [0.1, 0.15) is 6.04 Å². The van der Waals surface area contributed by atoms with Crippen molar-refractivity contribution in [3.8, 4) is 0 Å². The third-order valence-corrected chi connectivity index (χ3v) is 2.04. The number of nitrogens with two attached hydrogens (primary N) is 2. The van der Waals surface area contributed by atoms with E-state index in [1.807, 2.05) is 20.8 Å². The molecule has 5 N–H and O–H groups in total. The van der Waals surface area contributed by atoms with Gasteiger partial charge in [0.25, 0.3) is 0 Å². The smallest absolute Gasteiger partial charge is 0.322 e. The summed E-state index contributed by atoms with van der Waals surface area (Å²) in [6.07, 6.45) is 1.36. The molecule has 0 aromatic heterocycles. The van der Waals surface area contributed by atoms with Crippen LogP contribution in [0.25, 0.3) is 0 Å². The predicted molar refractivity (Wildman–Crippen MR) is 68.6 cm³/mol. The minimum absolute atomic E-state index is 0.0726. The van der Waals surface area contributed by atoms with Crippen LogP contribution in [0.15, 0.2) is 4.99 Å². The van der Waals surface area contributed by atoms with Crippen molar-refractivity contribution >= 4 is 11.9 Å². The van der Waals surface area contributed by atoms with Gasteiger partial charge in [0.2, 0.25) is 0 Å². The maximum Gasteiger partial charge on any atom is 0.322 e. The van der Waals surface area contributed by atoms with E-state index >= 15 is 0 Å². The van der Waals surface area contributed by atoms with Crippen molar-refractivity contribution in [2.45, 2.75) is 45.2 Å². The molecule has 6 nitrogen and oxygen atoms in total. The fourth-order valence-corrected chi connectivity index (χ4v) is 1.42. The highest BCUT2D eigenvalue weighted by Gasteiger charge is 2.23. The zero-order valence-corrected chi connectivity index (χ0v) is 11.1. The number of rotatable bonds is 6. The number of guanidine groups is 1. The molecule has 0 aromatic carbocycles. The molecule has 1 unspecified atom stereocenters. The van der Waals surface area contributed by atoms with Gasteiger partial charge in [0.15, 0.2) is 5.96 Å². The number of methoxy groups -OCH3 is 1. The summed E-state index contributed by atoms with van der Waals surface area (Å²) < 4.78 is 4.75. The van der Waals surface area contributed by atoms with Crippen molar-refractivity contribution in [1.82, 2.24) is 5.32 Å². The average Bonchev–Trinajstić information content (AvgIpc) is 2.19. The minimum Gasteiger partial charge on any atom is -0.468 e. The number of carbonyl (C=O) groups excluding carboxylic acids is 1. The molecule has 6 heteroatoms. The average molecular weight is 244 g/mol. The topological polar surface area (TPSA) is 103 Å². The Labute approximate surface area is 103 Å². The Bertz CT molecular complexity index is 267. The van der Waals surface area contributed by atoms with E-state index in [0.717, 1.165) is 6.42 Å². The Kier molecular flexibility index (Phi) is 6.57. The van der Waals surface area contributed by atoms with Gasteiger partial charge in [0, 0.05) is 12.1 Å². The minimum atomic E-state index is -0.325. The highest BCUT2D eigenvalue weighted by atomic mass is 16.5. The van der Waals surface area contributed by atoms with Gasteiger partial charge in [-0.2, -0.15) is 0 Å². The van der Waals surface area contributed by atoms with Crippen molar-refractivity contribution in [3.05, 3.63) is 0 Å². The first-order valence-corrected chi connectivity index (χ1v) is 5.67. The summed E-state index contributed by atoms with van der Waals surface area (Å²) in [5.41, 5.74) is 10.3. The van der Waals surface area contributed by atoms with E-state index in [2.05, 4.69) is 10.3 Å². The molecule has 0 radical (unpaired) electrons. The SMILES string of the molecule is COC(=O)C(CCCN=C(N)N)NC(C)(C)C. The number of hydrogen-bond donors (Lipinski definition) is 3. The zero-order chi connectivity index (χ0) is 13.5. The third-order valence-electron chi connectivity index (χ3n) is 2.04. The summed E-state index contributed by atoms with van der Waals surface area (Å²) in [6, 6.07) is -0.325. The summed E-state index contributed by atoms with van der Waals surface area (Å²) in [4.78, 5) is 15.4. The molecule has 0 aliphatic carbocycles. The highest BCUT2D eigenvalue weighted by molar-refractivity contribution is 5.76. The number of nitrogens with zero attached hydrogens (tertiary/aromatic N) is 1. The number of aliphatic imine (C=N–C) groups is 1. The van der Waals surface area contributed by atoms with Gasteiger partial charge in [-0.1, -0.05) is 0 Å². The lowest BCUT2D eigenvalue weighted by Gasteiger charge is -2.26. The normalized spacial score (nSPS) is 12.9. The second kappa shape index (κ2) is 7.11. The van der Waals surface area contributed by atoms with Crippen molar-refractivity contribution in [2.75, 3.05) is 13.7 Å². The number of hydrogen-bond acceptors (Lipinski definition) is 4. The molecule has 0 heterocycles. The number of carbonyl (C=O) groups is 1. The zero-order valence-electron chi connectivity index (χ0n) is 11.1. The largest absolute Gasteiger partial charge is 0.468 e. The van der Waals surface area contributed by atoms with Gasteiger partial charge >= 0.3 is 5.97 Å². The van der Waals surface area contributed by atoms with E-state index in [9.17, 15) is 4.79 Å². The fourth-order valence-electron chi connectivity index (χ4n) is 1.42. The number of ether oxygens (including phenoxy) is 1.